The highest BCUT2D eigenvalue weighted by molar-refractivity contribution is 6.11. The summed E-state index contributed by atoms with van der Waals surface area (Å²) in [6.07, 6.45) is 0.465. The minimum Gasteiger partial charge on any atom is -0.337 e. The molecule has 6 heteroatoms. The van der Waals surface area contributed by atoms with E-state index < -0.39 is 11.6 Å². The van der Waals surface area contributed by atoms with Crippen molar-refractivity contribution in [2.75, 3.05) is 6.54 Å². The number of benzene rings is 2. The molecule has 0 aliphatic carbocycles. The van der Waals surface area contributed by atoms with E-state index in [-0.39, 0.29) is 24.3 Å². The summed E-state index contributed by atoms with van der Waals surface area (Å²) in [6.45, 7) is 7.15. The van der Waals surface area contributed by atoms with Gasteiger partial charge in [-0.2, -0.15) is 0 Å². The summed E-state index contributed by atoms with van der Waals surface area (Å²) in [5.74, 6) is -0.610. The van der Waals surface area contributed by atoms with E-state index >= 15 is 0 Å². The molecule has 1 saturated heterocycles. The van der Waals surface area contributed by atoms with Gasteiger partial charge in [-0.25, -0.2) is 4.79 Å². The number of carbonyl (C=O) groups excluding carboxylic acids is 3. The van der Waals surface area contributed by atoms with Gasteiger partial charge in [0.05, 0.1) is 12.6 Å². The lowest BCUT2D eigenvalue weighted by Gasteiger charge is -2.24. The number of hydrogen-bond donors (Lipinski definition) is 1. The normalized spacial score (nSPS) is 18.2. The minimum atomic E-state index is -0.958. The summed E-state index contributed by atoms with van der Waals surface area (Å²) >= 11 is 0. The van der Waals surface area contributed by atoms with Gasteiger partial charge in [0.2, 0.25) is 0 Å². The molecule has 6 nitrogen and oxygen atoms in total. The molecule has 1 aliphatic heterocycles. The van der Waals surface area contributed by atoms with Gasteiger partial charge in [-0.15, -0.1) is 0 Å². The zero-order valence-corrected chi connectivity index (χ0v) is 19.5. The molecule has 0 bridgehead atoms. The lowest BCUT2D eigenvalue weighted by molar-refractivity contribution is -0.130. The van der Waals surface area contributed by atoms with E-state index in [0.717, 1.165) is 27.4 Å². The molecule has 0 radical (unpaired) electrons. The van der Waals surface area contributed by atoms with Crippen LogP contribution in [-0.4, -0.2) is 39.3 Å². The van der Waals surface area contributed by atoms with Crippen LogP contribution in [0.2, 0.25) is 0 Å². The van der Waals surface area contributed by atoms with Crippen LogP contribution in [0.5, 0.6) is 0 Å². The summed E-state index contributed by atoms with van der Waals surface area (Å²) in [6, 6.07) is 21.6. The average molecular weight is 444 g/mol. The number of nitrogens with zero attached hydrogens (tertiary/aromatic N) is 2. The van der Waals surface area contributed by atoms with Crippen LogP contribution < -0.4 is 5.32 Å². The zero-order chi connectivity index (χ0) is 23.8. The molecule has 2 heterocycles. The predicted octanol–water partition coefficient (Wildman–Crippen LogP) is 4.65. The van der Waals surface area contributed by atoms with E-state index in [2.05, 4.69) is 34.1 Å². The number of urea groups is 1. The number of amides is 3. The van der Waals surface area contributed by atoms with Crippen LogP contribution in [0, 0.1) is 13.8 Å². The van der Waals surface area contributed by atoms with Gasteiger partial charge in [-0.3, -0.25) is 14.5 Å². The maximum Gasteiger partial charge on any atom is 0.325 e. The van der Waals surface area contributed by atoms with Crippen molar-refractivity contribution in [2.45, 2.75) is 45.7 Å². The van der Waals surface area contributed by atoms with Crippen molar-refractivity contribution in [2.24, 2.45) is 0 Å². The first kappa shape index (κ1) is 22.5. The zero-order valence-electron chi connectivity index (χ0n) is 19.5. The highest BCUT2D eigenvalue weighted by Crippen LogP contribution is 2.32. The first-order chi connectivity index (χ1) is 15.8. The summed E-state index contributed by atoms with van der Waals surface area (Å²) in [5.41, 5.74) is 3.52. The van der Waals surface area contributed by atoms with Crippen LogP contribution in [0.25, 0.3) is 0 Å². The molecule has 1 fully saturated rings. The highest BCUT2D eigenvalue weighted by Gasteiger charge is 2.47. The Morgan fingerprint density at radius 2 is 1.52 bits per heavy atom. The maximum absolute atomic E-state index is 13.3. The molecular weight excluding hydrogens is 414 g/mol. The van der Waals surface area contributed by atoms with E-state index in [1.165, 1.54) is 0 Å². The summed E-state index contributed by atoms with van der Waals surface area (Å²) in [5, 5.41) is 2.71. The monoisotopic (exact) mass is 443 g/mol. The Bertz CT molecular complexity index is 1160. The first-order valence-corrected chi connectivity index (χ1v) is 11.2. The molecule has 4 rings (SSSR count). The second-order valence-corrected chi connectivity index (χ2v) is 8.81. The lowest BCUT2D eigenvalue weighted by atomic mass is 9.98. The number of ketones is 1. The number of aryl methyl sites for hydroxylation is 1. The second-order valence-electron chi connectivity index (χ2n) is 8.81. The van der Waals surface area contributed by atoms with Gasteiger partial charge in [0, 0.05) is 17.0 Å². The molecule has 2 aromatic carbocycles. The second kappa shape index (κ2) is 8.70. The standard InChI is InChI=1S/C27H29N3O3/c1-5-27(4)25(32)29(26(33)28-27)17-23(31)22-16-18(2)30(19(22)3)24(20-12-8-6-9-13-20)21-14-10-7-11-15-21/h6-16,24H,5,17H2,1-4H3,(H,28,33)/t27-/m0/s1. The van der Waals surface area contributed by atoms with Crippen molar-refractivity contribution in [3.8, 4) is 0 Å². The van der Waals surface area contributed by atoms with Crippen LogP contribution in [0.4, 0.5) is 4.79 Å². The molecule has 1 atom stereocenters. The van der Waals surface area contributed by atoms with Crippen molar-refractivity contribution in [1.29, 1.82) is 0 Å². The van der Waals surface area contributed by atoms with Gasteiger partial charge < -0.3 is 9.88 Å². The SMILES string of the molecule is CC[C@]1(C)NC(=O)N(CC(=O)c2cc(C)n(C(c3ccccc3)c3ccccc3)c2C)C1=O. The third kappa shape index (κ3) is 3.97. The number of Topliss-reactive ketones (excluding diaryl/α,β-unsaturated/α-hetero) is 1. The van der Waals surface area contributed by atoms with Gasteiger partial charge in [-0.05, 0) is 44.4 Å². The molecule has 1 N–H and O–H groups in total. The Hall–Kier alpha value is -3.67. The highest BCUT2D eigenvalue weighted by atomic mass is 16.2. The summed E-state index contributed by atoms with van der Waals surface area (Å²) < 4.78 is 2.15. The third-order valence-electron chi connectivity index (χ3n) is 6.63. The van der Waals surface area contributed by atoms with E-state index in [1.807, 2.05) is 63.2 Å². The van der Waals surface area contributed by atoms with E-state index in [0.29, 0.717) is 12.0 Å². The maximum atomic E-state index is 13.3. The Labute approximate surface area is 194 Å². The van der Waals surface area contributed by atoms with Crippen LogP contribution in [0.15, 0.2) is 66.7 Å². The van der Waals surface area contributed by atoms with Crippen LogP contribution in [0.3, 0.4) is 0 Å². The average Bonchev–Trinajstić information content (AvgIpc) is 3.23. The molecule has 1 aromatic heterocycles. The smallest absolute Gasteiger partial charge is 0.325 e. The first-order valence-electron chi connectivity index (χ1n) is 11.2. The molecule has 33 heavy (non-hydrogen) atoms. The van der Waals surface area contributed by atoms with Crippen molar-refractivity contribution < 1.29 is 14.4 Å². The summed E-state index contributed by atoms with van der Waals surface area (Å²) in [7, 11) is 0. The topological polar surface area (TPSA) is 71.4 Å². The fourth-order valence-electron chi connectivity index (χ4n) is 4.58. The number of carbonyl (C=O) groups is 3. The summed E-state index contributed by atoms with van der Waals surface area (Å²) in [4.78, 5) is 39.5. The minimum absolute atomic E-state index is 0.103. The molecule has 3 aromatic rings. The van der Waals surface area contributed by atoms with Gasteiger partial charge in [-0.1, -0.05) is 67.6 Å². The van der Waals surface area contributed by atoms with Crippen LogP contribution >= 0.6 is 0 Å². The van der Waals surface area contributed by atoms with Gasteiger partial charge in [0.1, 0.15) is 5.54 Å². The molecule has 0 unspecified atom stereocenters. The molecule has 0 saturated carbocycles. The van der Waals surface area contributed by atoms with E-state index in [9.17, 15) is 14.4 Å². The Kier molecular flexibility index (Phi) is 5.93. The number of aromatic nitrogens is 1. The predicted molar refractivity (Wildman–Crippen MR) is 127 cm³/mol. The molecular formula is C27H29N3O3. The Morgan fingerprint density at radius 3 is 2.00 bits per heavy atom. The fourth-order valence-corrected chi connectivity index (χ4v) is 4.58. The number of hydrogen-bond acceptors (Lipinski definition) is 3. The van der Waals surface area contributed by atoms with Crippen LogP contribution in [-0.2, 0) is 4.79 Å². The molecule has 3 amide bonds. The number of imide groups is 1. The molecule has 1 aliphatic rings. The van der Waals surface area contributed by atoms with Crippen molar-refractivity contribution >= 4 is 17.7 Å². The lowest BCUT2D eigenvalue weighted by Crippen LogP contribution is -2.43. The van der Waals surface area contributed by atoms with Gasteiger partial charge >= 0.3 is 6.03 Å². The van der Waals surface area contributed by atoms with Crippen molar-refractivity contribution in [3.63, 3.8) is 0 Å². The fraction of sp³-hybridized carbons (Fsp3) is 0.296. The quantitative estimate of drug-likeness (QED) is 0.427. The van der Waals surface area contributed by atoms with E-state index in [4.69, 9.17) is 0 Å². The van der Waals surface area contributed by atoms with Gasteiger partial charge in [0.15, 0.2) is 5.78 Å². The van der Waals surface area contributed by atoms with E-state index in [1.54, 1.807) is 6.92 Å². The molecule has 0 spiro atoms. The molecule has 170 valence electrons. The van der Waals surface area contributed by atoms with Crippen molar-refractivity contribution in [3.05, 3.63) is 94.8 Å². The Morgan fingerprint density at radius 1 is 0.970 bits per heavy atom. The van der Waals surface area contributed by atoms with Crippen LogP contribution in [0.1, 0.15) is 59.2 Å². The van der Waals surface area contributed by atoms with Gasteiger partial charge in [0.25, 0.3) is 5.91 Å². The number of rotatable bonds is 7. The number of nitrogens with one attached hydrogen (secondary N) is 1. The third-order valence-corrected chi connectivity index (χ3v) is 6.63. The largest absolute Gasteiger partial charge is 0.337 e. The van der Waals surface area contributed by atoms with Crippen molar-refractivity contribution in [1.82, 2.24) is 14.8 Å². The Balaban J connectivity index is 1.71.